The molecule has 0 amide bonds. The summed E-state index contributed by atoms with van der Waals surface area (Å²) >= 11 is 5.64. The largest absolute Gasteiger partial charge is 0.463 e. The summed E-state index contributed by atoms with van der Waals surface area (Å²) in [6.07, 6.45) is 2.40. The summed E-state index contributed by atoms with van der Waals surface area (Å²) in [5.41, 5.74) is 1.88. The first-order valence-electron chi connectivity index (χ1n) is 4.46. The molecule has 0 saturated carbocycles. The minimum absolute atomic E-state index is 0.574. The molecule has 14 heavy (non-hydrogen) atoms. The number of H-pyrrole nitrogens is 1. The van der Waals surface area contributed by atoms with E-state index in [4.69, 9.17) is 16.0 Å². The number of aryl methyl sites for hydroxylation is 2. The van der Waals surface area contributed by atoms with Gasteiger partial charge in [0.1, 0.15) is 11.5 Å². The van der Waals surface area contributed by atoms with Crippen LogP contribution in [0.25, 0.3) is 11.5 Å². The number of hydrogen-bond donors (Lipinski definition) is 1. The van der Waals surface area contributed by atoms with Gasteiger partial charge in [-0.2, -0.15) is 0 Å². The van der Waals surface area contributed by atoms with Crippen LogP contribution in [-0.4, -0.2) is 15.8 Å². The number of nitrogens with zero attached hydrogens (tertiary/aromatic N) is 1. The van der Waals surface area contributed by atoms with E-state index in [2.05, 4.69) is 9.97 Å². The molecule has 0 unspecified atom stereocenters. The Bertz CT molecular complexity index is 406. The van der Waals surface area contributed by atoms with Crippen LogP contribution in [0.1, 0.15) is 11.5 Å². The van der Waals surface area contributed by atoms with Crippen LogP contribution in [0.5, 0.6) is 0 Å². The quantitative estimate of drug-likeness (QED) is 0.792. The summed E-state index contributed by atoms with van der Waals surface area (Å²) in [4.78, 5) is 7.59. The number of furan rings is 1. The molecular formula is C10H11ClN2O. The number of hydrogen-bond acceptors (Lipinski definition) is 2. The lowest BCUT2D eigenvalue weighted by atomic mass is 10.3. The van der Waals surface area contributed by atoms with Gasteiger partial charge < -0.3 is 9.40 Å². The van der Waals surface area contributed by atoms with Crippen molar-refractivity contribution in [2.24, 2.45) is 0 Å². The fraction of sp³-hybridized carbons (Fsp3) is 0.300. The molecule has 0 aliphatic heterocycles. The van der Waals surface area contributed by atoms with Crippen molar-refractivity contribution in [2.75, 3.05) is 5.88 Å². The fourth-order valence-electron chi connectivity index (χ4n) is 1.38. The minimum atomic E-state index is 0.574. The molecule has 0 aliphatic carbocycles. The maximum absolute atomic E-state index is 5.64. The number of aromatic nitrogens is 2. The Morgan fingerprint density at radius 1 is 1.57 bits per heavy atom. The Labute approximate surface area is 87.1 Å². The lowest BCUT2D eigenvalue weighted by Crippen LogP contribution is -1.88. The Morgan fingerprint density at radius 3 is 3.07 bits per heavy atom. The standard InChI is InChI=1S/C10H11ClN2O/c1-7-10(8-3-2-6-14-8)13-9(12-7)4-5-11/h2-3,6H,4-5H2,1H3,(H,12,13). The summed E-state index contributed by atoms with van der Waals surface area (Å²) in [5.74, 6) is 2.27. The van der Waals surface area contributed by atoms with E-state index in [1.165, 1.54) is 0 Å². The Kier molecular flexibility index (Phi) is 2.59. The average molecular weight is 211 g/mol. The van der Waals surface area contributed by atoms with Crippen LogP contribution in [0, 0.1) is 6.92 Å². The van der Waals surface area contributed by atoms with E-state index in [1.807, 2.05) is 19.1 Å². The summed E-state index contributed by atoms with van der Waals surface area (Å²) in [6.45, 7) is 1.97. The van der Waals surface area contributed by atoms with Gasteiger partial charge in [0, 0.05) is 18.0 Å². The molecular weight excluding hydrogens is 200 g/mol. The number of nitrogens with one attached hydrogen (secondary N) is 1. The monoisotopic (exact) mass is 210 g/mol. The Balaban J connectivity index is 2.35. The zero-order valence-corrected chi connectivity index (χ0v) is 8.64. The Hall–Kier alpha value is -1.22. The third kappa shape index (κ3) is 1.68. The fourth-order valence-corrected chi connectivity index (χ4v) is 1.56. The highest BCUT2D eigenvalue weighted by Crippen LogP contribution is 2.21. The maximum Gasteiger partial charge on any atom is 0.154 e. The van der Waals surface area contributed by atoms with E-state index in [0.29, 0.717) is 5.88 Å². The first kappa shape index (κ1) is 9.34. The molecule has 0 aromatic carbocycles. The molecule has 2 aromatic heterocycles. The number of halogens is 1. The van der Waals surface area contributed by atoms with Gasteiger partial charge in [0.2, 0.25) is 0 Å². The lowest BCUT2D eigenvalue weighted by Gasteiger charge is -1.89. The third-order valence-corrected chi connectivity index (χ3v) is 2.21. The van der Waals surface area contributed by atoms with Gasteiger partial charge in [0.15, 0.2) is 5.76 Å². The van der Waals surface area contributed by atoms with Crippen molar-refractivity contribution in [3.63, 3.8) is 0 Å². The normalized spacial score (nSPS) is 10.7. The predicted octanol–water partition coefficient (Wildman–Crippen LogP) is 2.76. The number of rotatable bonds is 3. The molecule has 3 nitrogen and oxygen atoms in total. The maximum atomic E-state index is 5.64. The van der Waals surface area contributed by atoms with E-state index in [9.17, 15) is 0 Å². The van der Waals surface area contributed by atoms with E-state index in [-0.39, 0.29) is 0 Å². The minimum Gasteiger partial charge on any atom is -0.463 e. The van der Waals surface area contributed by atoms with Crippen molar-refractivity contribution >= 4 is 11.6 Å². The molecule has 1 N–H and O–H groups in total. The molecule has 2 rings (SSSR count). The lowest BCUT2D eigenvalue weighted by molar-refractivity contribution is 0.580. The second-order valence-electron chi connectivity index (χ2n) is 3.07. The van der Waals surface area contributed by atoms with Gasteiger partial charge in [0.25, 0.3) is 0 Å². The highest BCUT2D eigenvalue weighted by molar-refractivity contribution is 6.17. The van der Waals surface area contributed by atoms with Gasteiger partial charge in [-0.25, -0.2) is 4.98 Å². The van der Waals surface area contributed by atoms with Crippen LogP contribution in [-0.2, 0) is 6.42 Å². The average Bonchev–Trinajstić information content (AvgIpc) is 2.74. The van der Waals surface area contributed by atoms with E-state index in [1.54, 1.807) is 6.26 Å². The molecule has 0 bridgehead atoms. The van der Waals surface area contributed by atoms with Crippen LogP contribution in [0.3, 0.4) is 0 Å². The third-order valence-electron chi connectivity index (χ3n) is 2.02. The first-order chi connectivity index (χ1) is 6.81. The van der Waals surface area contributed by atoms with Crippen molar-refractivity contribution in [3.8, 4) is 11.5 Å². The zero-order valence-electron chi connectivity index (χ0n) is 7.88. The molecule has 0 aliphatic rings. The van der Waals surface area contributed by atoms with Crippen molar-refractivity contribution in [1.29, 1.82) is 0 Å². The SMILES string of the molecule is Cc1[nH]c(CCCl)nc1-c1ccco1. The number of imidazole rings is 1. The van der Waals surface area contributed by atoms with Crippen molar-refractivity contribution < 1.29 is 4.42 Å². The van der Waals surface area contributed by atoms with Crippen molar-refractivity contribution in [3.05, 3.63) is 29.9 Å². The molecule has 0 radical (unpaired) electrons. The summed E-state index contributed by atoms with van der Waals surface area (Å²) < 4.78 is 5.28. The van der Waals surface area contributed by atoms with Gasteiger partial charge in [-0.3, -0.25) is 0 Å². The highest BCUT2D eigenvalue weighted by Gasteiger charge is 2.10. The zero-order chi connectivity index (χ0) is 9.97. The summed E-state index contributed by atoms with van der Waals surface area (Å²) in [5, 5.41) is 0. The number of alkyl halides is 1. The van der Waals surface area contributed by atoms with Crippen LogP contribution >= 0.6 is 11.6 Å². The molecule has 0 fully saturated rings. The predicted molar refractivity (Wildman–Crippen MR) is 55.5 cm³/mol. The topological polar surface area (TPSA) is 41.8 Å². The van der Waals surface area contributed by atoms with Crippen LogP contribution in [0.4, 0.5) is 0 Å². The van der Waals surface area contributed by atoms with E-state index < -0.39 is 0 Å². The molecule has 2 aromatic rings. The molecule has 0 saturated heterocycles. The number of aromatic amines is 1. The summed E-state index contributed by atoms with van der Waals surface area (Å²) in [7, 11) is 0. The van der Waals surface area contributed by atoms with Gasteiger partial charge in [-0.15, -0.1) is 11.6 Å². The Morgan fingerprint density at radius 2 is 2.43 bits per heavy atom. The highest BCUT2D eigenvalue weighted by atomic mass is 35.5. The molecule has 2 heterocycles. The van der Waals surface area contributed by atoms with Crippen LogP contribution < -0.4 is 0 Å². The molecule has 0 atom stereocenters. The summed E-state index contributed by atoms with van der Waals surface area (Å²) in [6, 6.07) is 3.75. The van der Waals surface area contributed by atoms with Crippen molar-refractivity contribution in [1.82, 2.24) is 9.97 Å². The molecule has 0 spiro atoms. The van der Waals surface area contributed by atoms with E-state index in [0.717, 1.165) is 29.4 Å². The van der Waals surface area contributed by atoms with Gasteiger partial charge in [-0.1, -0.05) is 0 Å². The van der Waals surface area contributed by atoms with Gasteiger partial charge >= 0.3 is 0 Å². The van der Waals surface area contributed by atoms with Crippen molar-refractivity contribution in [2.45, 2.75) is 13.3 Å². The van der Waals surface area contributed by atoms with E-state index >= 15 is 0 Å². The molecule has 74 valence electrons. The van der Waals surface area contributed by atoms with Crippen LogP contribution in [0.2, 0.25) is 0 Å². The first-order valence-corrected chi connectivity index (χ1v) is 5.00. The molecule has 4 heteroatoms. The van der Waals surface area contributed by atoms with Crippen LogP contribution in [0.15, 0.2) is 22.8 Å². The van der Waals surface area contributed by atoms with Gasteiger partial charge in [0.05, 0.1) is 6.26 Å². The smallest absolute Gasteiger partial charge is 0.154 e. The second-order valence-corrected chi connectivity index (χ2v) is 3.45. The second kappa shape index (κ2) is 3.88. The van der Waals surface area contributed by atoms with Gasteiger partial charge in [-0.05, 0) is 19.1 Å².